The molecule has 1 aromatic heterocycles. The second-order valence-electron chi connectivity index (χ2n) is 7.36. The summed E-state index contributed by atoms with van der Waals surface area (Å²) in [5.41, 5.74) is 1.30. The molecule has 7 heteroatoms. The molecule has 1 amide bonds. The third kappa shape index (κ3) is 4.01. The highest BCUT2D eigenvalue weighted by molar-refractivity contribution is 6.17. The van der Waals surface area contributed by atoms with Gasteiger partial charge >= 0.3 is 0 Å². The SMILES string of the molecule is O=C(CCCCl)N1CC(c2nnc([C@@H]3NCCC[C@@H]3c3ccccc3)o2)C1. The maximum Gasteiger partial charge on any atom is 0.234 e. The highest BCUT2D eigenvalue weighted by atomic mass is 35.5. The van der Waals surface area contributed by atoms with Crippen molar-refractivity contribution in [3.63, 3.8) is 0 Å². The number of aromatic nitrogens is 2. The van der Waals surface area contributed by atoms with E-state index in [-0.39, 0.29) is 17.9 Å². The number of rotatable bonds is 6. The largest absolute Gasteiger partial charge is 0.423 e. The molecule has 1 N–H and O–H groups in total. The van der Waals surface area contributed by atoms with Crippen LogP contribution >= 0.6 is 11.6 Å². The molecule has 144 valence electrons. The van der Waals surface area contributed by atoms with E-state index < -0.39 is 0 Å². The maximum atomic E-state index is 12.0. The summed E-state index contributed by atoms with van der Waals surface area (Å²) in [5, 5.41) is 12.2. The Bertz CT molecular complexity index is 760. The summed E-state index contributed by atoms with van der Waals surface area (Å²) in [6.45, 7) is 2.27. The molecule has 2 atom stereocenters. The molecule has 6 nitrogen and oxygen atoms in total. The lowest BCUT2D eigenvalue weighted by Crippen LogP contribution is -2.48. The van der Waals surface area contributed by atoms with Gasteiger partial charge in [-0.25, -0.2) is 0 Å². The second kappa shape index (κ2) is 8.40. The molecule has 27 heavy (non-hydrogen) atoms. The van der Waals surface area contributed by atoms with Crippen LogP contribution in [0, 0.1) is 0 Å². The van der Waals surface area contributed by atoms with Crippen LogP contribution in [0.15, 0.2) is 34.7 Å². The second-order valence-corrected chi connectivity index (χ2v) is 7.74. The molecule has 0 bridgehead atoms. The zero-order chi connectivity index (χ0) is 18.6. The molecule has 0 aliphatic carbocycles. The van der Waals surface area contributed by atoms with E-state index in [1.807, 2.05) is 11.0 Å². The van der Waals surface area contributed by atoms with Gasteiger partial charge in [0.1, 0.15) is 0 Å². The molecule has 2 aliphatic heterocycles. The number of carbonyl (C=O) groups excluding carboxylic acids is 1. The van der Waals surface area contributed by atoms with Gasteiger partial charge < -0.3 is 14.6 Å². The van der Waals surface area contributed by atoms with Crippen LogP contribution in [0.5, 0.6) is 0 Å². The lowest BCUT2D eigenvalue weighted by atomic mass is 9.85. The Hall–Kier alpha value is -1.92. The molecular weight excluding hydrogens is 364 g/mol. The van der Waals surface area contributed by atoms with Crippen molar-refractivity contribution in [3.05, 3.63) is 47.7 Å². The summed E-state index contributed by atoms with van der Waals surface area (Å²) in [7, 11) is 0. The van der Waals surface area contributed by atoms with E-state index in [2.05, 4.69) is 39.8 Å². The van der Waals surface area contributed by atoms with Gasteiger partial charge in [-0.15, -0.1) is 21.8 Å². The van der Waals surface area contributed by atoms with Crippen molar-refractivity contribution in [1.29, 1.82) is 0 Å². The fraction of sp³-hybridized carbons (Fsp3) is 0.550. The Kier molecular flexibility index (Phi) is 5.74. The van der Waals surface area contributed by atoms with Gasteiger partial charge in [0.15, 0.2) is 0 Å². The minimum atomic E-state index is 0.0453. The predicted molar refractivity (Wildman–Crippen MR) is 103 cm³/mol. The number of alkyl halides is 1. The first-order valence-electron chi connectivity index (χ1n) is 9.71. The number of likely N-dealkylation sites (tertiary alicyclic amines) is 1. The normalized spacial score (nSPS) is 23.2. The number of nitrogens with one attached hydrogen (secondary N) is 1. The molecular formula is C20H25ClN4O2. The van der Waals surface area contributed by atoms with Gasteiger partial charge in [-0.1, -0.05) is 30.3 Å². The molecule has 0 spiro atoms. The standard InChI is InChI=1S/C20H25ClN4O2/c21-10-4-9-17(26)25-12-15(13-25)19-23-24-20(27-19)18-16(8-5-11-22-18)14-6-2-1-3-7-14/h1-3,6-7,15-16,18,22H,4-5,8-13H2/t16-,18-/m1/s1. The maximum absolute atomic E-state index is 12.0. The Morgan fingerprint density at radius 1 is 1.22 bits per heavy atom. The van der Waals surface area contributed by atoms with E-state index >= 15 is 0 Å². The molecule has 2 fully saturated rings. The van der Waals surface area contributed by atoms with E-state index in [1.54, 1.807) is 0 Å². The van der Waals surface area contributed by atoms with Gasteiger partial charge in [0, 0.05) is 31.3 Å². The molecule has 2 aliphatic rings. The van der Waals surface area contributed by atoms with Crippen LogP contribution in [0.4, 0.5) is 0 Å². The van der Waals surface area contributed by atoms with Crippen molar-refractivity contribution < 1.29 is 9.21 Å². The average Bonchev–Trinajstić information content (AvgIpc) is 3.15. The zero-order valence-corrected chi connectivity index (χ0v) is 16.1. The number of hydrogen-bond acceptors (Lipinski definition) is 5. The summed E-state index contributed by atoms with van der Waals surface area (Å²) >= 11 is 5.66. The molecule has 0 unspecified atom stereocenters. The molecule has 3 heterocycles. The van der Waals surface area contributed by atoms with Crippen molar-refractivity contribution in [2.75, 3.05) is 25.5 Å². The summed E-state index contributed by atoms with van der Waals surface area (Å²) in [5.74, 6) is 2.46. The molecule has 2 aromatic rings. The van der Waals surface area contributed by atoms with Crippen molar-refractivity contribution in [3.8, 4) is 0 Å². The summed E-state index contributed by atoms with van der Waals surface area (Å²) in [4.78, 5) is 13.8. The third-order valence-corrected chi connectivity index (χ3v) is 5.78. The zero-order valence-electron chi connectivity index (χ0n) is 15.3. The third-order valence-electron chi connectivity index (χ3n) is 5.52. The van der Waals surface area contributed by atoms with E-state index in [1.165, 1.54) is 5.56 Å². The van der Waals surface area contributed by atoms with Crippen LogP contribution in [-0.2, 0) is 4.79 Å². The first-order chi connectivity index (χ1) is 13.3. The van der Waals surface area contributed by atoms with E-state index in [9.17, 15) is 4.79 Å². The van der Waals surface area contributed by atoms with Crippen LogP contribution in [0.1, 0.15) is 60.9 Å². The van der Waals surface area contributed by atoms with Crippen molar-refractivity contribution >= 4 is 17.5 Å². The molecule has 4 rings (SSSR count). The van der Waals surface area contributed by atoms with Crippen LogP contribution in [-0.4, -0.2) is 46.5 Å². The van der Waals surface area contributed by atoms with E-state index in [0.717, 1.165) is 25.8 Å². The number of nitrogens with zero attached hydrogens (tertiary/aromatic N) is 3. The van der Waals surface area contributed by atoms with Gasteiger partial charge in [-0.2, -0.15) is 0 Å². The highest BCUT2D eigenvalue weighted by Crippen LogP contribution is 2.37. The van der Waals surface area contributed by atoms with Gasteiger partial charge in [-0.3, -0.25) is 4.79 Å². The number of carbonyl (C=O) groups is 1. The van der Waals surface area contributed by atoms with E-state index in [0.29, 0.717) is 43.1 Å². The van der Waals surface area contributed by atoms with Crippen molar-refractivity contribution in [2.45, 2.75) is 43.6 Å². The van der Waals surface area contributed by atoms with E-state index in [4.69, 9.17) is 16.0 Å². The van der Waals surface area contributed by atoms with Crippen molar-refractivity contribution in [1.82, 2.24) is 20.4 Å². The minimum Gasteiger partial charge on any atom is -0.423 e. The summed E-state index contributed by atoms with van der Waals surface area (Å²) in [6.07, 6.45) is 3.47. The fourth-order valence-electron chi connectivity index (χ4n) is 3.96. The number of halogens is 1. The first kappa shape index (κ1) is 18.4. The predicted octanol–water partition coefficient (Wildman–Crippen LogP) is 3.22. The van der Waals surface area contributed by atoms with Crippen LogP contribution < -0.4 is 5.32 Å². The van der Waals surface area contributed by atoms with Crippen molar-refractivity contribution in [2.24, 2.45) is 0 Å². The highest BCUT2D eigenvalue weighted by Gasteiger charge is 2.37. The van der Waals surface area contributed by atoms with Gasteiger partial charge in [0.2, 0.25) is 17.7 Å². The van der Waals surface area contributed by atoms with Gasteiger partial charge in [0.05, 0.1) is 12.0 Å². The number of benzene rings is 1. The monoisotopic (exact) mass is 388 g/mol. The number of piperidine rings is 1. The first-order valence-corrected chi connectivity index (χ1v) is 10.2. The number of hydrogen-bond donors (Lipinski definition) is 1. The molecule has 1 aromatic carbocycles. The minimum absolute atomic E-state index is 0.0453. The Morgan fingerprint density at radius 2 is 2.00 bits per heavy atom. The lowest BCUT2D eigenvalue weighted by molar-refractivity contribution is -0.135. The molecule has 0 radical (unpaired) electrons. The van der Waals surface area contributed by atoms with Crippen LogP contribution in [0.25, 0.3) is 0 Å². The Labute approximate surface area is 164 Å². The van der Waals surface area contributed by atoms with Gasteiger partial charge in [-0.05, 0) is 31.4 Å². The van der Waals surface area contributed by atoms with Crippen LogP contribution in [0.2, 0.25) is 0 Å². The number of amides is 1. The molecule has 0 saturated carbocycles. The Balaban J connectivity index is 1.41. The quantitative estimate of drug-likeness (QED) is 0.769. The van der Waals surface area contributed by atoms with Gasteiger partial charge in [0.25, 0.3) is 0 Å². The topological polar surface area (TPSA) is 71.3 Å². The summed E-state index contributed by atoms with van der Waals surface area (Å²) < 4.78 is 6.04. The Morgan fingerprint density at radius 3 is 2.78 bits per heavy atom. The van der Waals surface area contributed by atoms with Crippen LogP contribution in [0.3, 0.4) is 0 Å². The average molecular weight is 389 g/mol. The fourth-order valence-corrected chi connectivity index (χ4v) is 4.09. The smallest absolute Gasteiger partial charge is 0.234 e. The molecule has 2 saturated heterocycles. The lowest BCUT2D eigenvalue weighted by Gasteiger charge is -2.37. The summed E-state index contributed by atoms with van der Waals surface area (Å²) in [6, 6.07) is 10.6.